The Kier molecular flexibility index (Phi) is 4.08. The summed E-state index contributed by atoms with van der Waals surface area (Å²) in [5.74, 6) is 1.41. The van der Waals surface area contributed by atoms with Crippen LogP contribution in [0.15, 0.2) is 5.51 Å². The van der Waals surface area contributed by atoms with Crippen LogP contribution in [-0.4, -0.2) is 29.0 Å². The quantitative estimate of drug-likeness (QED) is 0.918. The molecule has 1 saturated heterocycles. The molecule has 0 radical (unpaired) electrons. The summed E-state index contributed by atoms with van der Waals surface area (Å²) in [6.07, 6.45) is 2.68. The fourth-order valence-electron chi connectivity index (χ4n) is 2.51. The van der Waals surface area contributed by atoms with Gasteiger partial charge in [0, 0.05) is 36.5 Å². The van der Waals surface area contributed by atoms with E-state index in [1.54, 1.807) is 0 Å². The Labute approximate surface area is 113 Å². The molecular weight excluding hydrogens is 254 g/mol. The predicted octanol–water partition coefficient (Wildman–Crippen LogP) is 2.22. The van der Waals surface area contributed by atoms with Gasteiger partial charge in [0.2, 0.25) is 0 Å². The average Bonchev–Trinajstić information content (AvgIpc) is 2.91. The number of thiazole rings is 1. The molecule has 2 N–H and O–H groups in total. The van der Waals surface area contributed by atoms with Crippen molar-refractivity contribution in [3.63, 3.8) is 0 Å². The molecular formula is C12H20ClN3S. The molecule has 0 bridgehead atoms. The first kappa shape index (κ1) is 13.3. The highest BCUT2D eigenvalue weighted by Gasteiger charge is 2.31. The van der Waals surface area contributed by atoms with Crippen molar-refractivity contribution in [2.75, 3.05) is 13.1 Å². The van der Waals surface area contributed by atoms with Crippen molar-refractivity contribution in [2.45, 2.75) is 38.3 Å². The lowest BCUT2D eigenvalue weighted by Gasteiger charge is -2.14. The first-order valence-electron chi connectivity index (χ1n) is 6.14. The Morgan fingerprint density at radius 3 is 2.82 bits per heavy atom. The lowest BCUT2D eigenvalue weighted by molar-refractivity contribution is 0.320. The topological polar surface area (TPSA) is 42.2 Å². The maximum Gasteiger partial charge on any atom is 0.0798 e. The van der Waals surface area contributed by atoms with Gasteiger partial charge in [-0.05, 0) is 18.8 Å². The van der Waals surface area contributed by atoms with Crippen molar-refractivity contribution in [1.29, 1.82) is 0 Å². The van der Waals surface area contributed by atoms with Crippen LogP contribution < -0.4 is 5.73 Å². The minimum atomic E-state index is 0. The molecule has 96 valence electrons. The van der Waals surface area contributed by atoms with Crippen molar-refractivity contribution in [1.82, 2.24) is 9.88 Å². The summed E-state index contributed by atoms with van der Waals surface area (Å²) >= 11 is 1.81. The molecule has 1 aromatic rings. The minimum absolute atomic E-state index is 0. The summed E-state index contributed by atoms with van der Waals surface area (Å²) in [5.41, 5.74) is 9.43. The van der Waals surface area contributed by atoms with Crippen LogP contribution in [0.2, 0.25) is 0 Å². The fraction of sp³-hybridized carbons (Fsp3) is 0.750. The largest absolute Gasteiger partial charge is 0.326 e. The summed E-state index contributed by atoms with van der Waals surface area (Å²) in [7, 11) is 0. The molecule has 1 aliphatic carbocycles. The standard InChI is InChI=1S/C12H19N3S.ClH/c1-8-4-15(5-10(8)13)6-11-12(9-2-3-9)14-7-16-11;/h7-10H,2-6,13H2,1H3;1H. The number of aromatic nitrogens is 1. The van der Waals surface area contributed by atoms with Crippen LogP contribution in [0.25, 0.3) is 0 Å². The van der Waals surface area contributed by atoms with Gasteiger partial charge >= 0.3 is 0 Å². The summed E-state index contributed by atoms with van der Waals surface area (Å²) in [4.78, 5) is 8.48. The number of hydrogen-bond acceptors (Lipinski definition) is 4. The molecule has 2 heterocycles. The summed E-state index contributed by atoms with van der Waals surface area (Å²) in [6, 6.07) is 0.359. The Morgan fingerprint density at radius 1 is 1.47 bits per heavy atom. The third-order valence-electron chi connectivity index (χ3n) is 3.75. The van der Waals surface area contributed by atoms with Crippen LogP contribution in [0.4, 0.5) is 0 Å². The van der Waals surface area contributed by atoms with E-state index in [-0.39, 0.29) is 12.4 Å². The zero-order valence-corrected chi connectivity index (χ0v) is 11.8. The monoisotopic (exact) mass is 273 g/mol. The van der Waals surface area contributed by atoms with Gasteiger partial charge in [0.15, 0.2) is 0 Å². The van der Waals surface area contributed by atoms with Crippen molar-refractivity contribution in [3.8, 4) is 0 Å². The van der Waals surface area contributed by atoms with Crippen molar-refractivity contribution in [2.24, 2.45) is 11.7 Å². The van der Waals surface area contributed by atoms with Crippen LogP contribution in [0, 0.1) is 5.92 Å². The van der Waals surface area contributed by atoms with Gasteiger partial charge in [-0.25, -0.2) is 4.98 Å². The van der Waals surface area contributed by atoms with E-state index < -0.39 is 0 Å². The van der Waals surface area contributed by atoms with Gasteiger partial charge in [-0.3, -0.25) is 4.90 Å². The first-order valence-corrected chi connectivity index (χ1v) is 7.02. The Hall–Kier alpha value is -0.160. The van der Waals surface area contributed by atoms with Gasteiger partial charge in [0.05, 0.1) is 11.2 Å². The normalized spacial score (nSPS) is 29.3. The van der Waals surface area contributed by atoms with E-state index in [9.17, 15) is 0 Å². The Morgan fingerprint density at radius 2 is 2.24 bits per heavy atom. The van der Waals surface area contributed by atoms with Gasteiger partial charge in [0.25, 0.3) is 0 Å². The predicted molar refractivity (Wildman–Crippen MR) is 73.8 cm³/mol. The van der Waals surface area contributed by atoms with Crippen LogP contribution in [0.1, 0.15) is 36.3 Å². The van der Waals surface area contributed by atoms with E-state index in [1.165, 1.54) is 23.4 Å². The third-order valence-corrected chi connectivity index (χ3v) is 4.58. The highest BCUT2D eigenvalue weighted by Crippen LogP contribution is 2.42. The highest BCUT2D eigenvalue weighted by atomic mass is 35.5. The van der Waals surface area contributed by atoms with Crippen molar-refractivity contribution in [3.05, 3.63) is 16.1 Å². The second-order valence-corrected chi connectivity index (χ2v) is 6.21. The summed E-state index contributed by atoms with van der Waals surface area (Å²) in [5, 5.41) is 0. The van der Waals surface area contributed by atoms with Gasteiger partial charge in [-0.2, -0.15) is 0 Å². The zero-order chi connectivity index (χ0) is 11.1. The van der Waals surface area contributed by atoms with E-state index in [4.69, 9.17) is 5.73 Å². The molecule has 0 amide bonds. The second-order valence-electron chi connectivity index (χ2n) is 5.27. The number of hydrogen-bond donors (Lipinski definition) is 1. The molecule has 5 heteroatoms. The second kappa shape index (κ2) is 5.22. The molecule has 2 unspecified atom stereocenters. The molecule has 1 saturated carbocycles. The summed E-state index contributed by atoms with van der Waals surface area (Å²) in [6.45, 7) is 5.50. The number of halogens is 1. The Balaban J connectivity index is 0.00000108. The van der Waals surface area contributed by atoms with Crippen molar-refractivity contribution < 1.29 is 0 Å². The maximum absolute atomic E-state index is 6.05. The molecule has 2 atom stereocenters. The van der Waals surface area contributed by atoms with Crippen LogP contribution >= 0.6 is 23.7 Å². The highest BCUT2D eigenvalue weighted by molar-refractivity contribution is 7.09. The van der Waals surface area contributed by atoms with Crippen LogP contribution in [0.3, 0.4) is 0 Å². The van der Waals surface area contributed by atoms with E-state index in [2.05, 4.69) is 16.8 Å². The number of nitrogens with zero attached hydrogens (tertiary/aromatic N) is 2. The smallest absolute Gasteiger partial charge is 0.0798 e. The lowest BCUT2D eigenvalue weighted by atomic mass is 10.1. The lowest BCUT2D eigenvalue weighted by Crippen LogP contribution is -2.28. The fourth-order valence-corrected chi connectivity index (χ4v) is 3.41. The number of nitrogens with two attached hydrogens (primary N) is 1. The van der Waals surface area contributed by atoms with E-state index in [0.29, 0.717) is 12.0 Å². The van der Waals surface area contributed by atoms with Crippen molar-refractivity contribution >= 4 is 23.7 Å². The van der Waals surface area contributed by atoms with Gasteiger partial charge in [-0.1, -0.05) is 6.92 Å². The summed E-state index contributed by atoms with van der Waals surface area (Å²) < 4.78 is 0. The average molecular weight is 274 g/mol. The molecule has 2 fully saturated rings. The zero-order valence-electron chi connectivity index (χ0n) is 10.1. The molecule has 0 aromatic carbocycles. The molecule has 2 aliphatic rings. The molecule has 1 aliphatic heterocycles. The first-order chi connectivity index (χ1) is 7.74. The maximum atomic E-state index is 6.05. The number of rotatable bonds is 3. The SMILES string of the molecule is CC1CN(Cc2scnc2C2CC2)CC1N.Cl. The minimum Gasteiger partial charge on any atom is -0.326 e. The van der Waals surface area contributed by atoms with Gasteiger partial charge in [0.1, 0.15) is 0 Å². The van der Waals surface area contributed by atoms with Crippen LogP contribution in [0.5, 0.6) is 0 Å². The molecule has 3 nitrogen and oxygen atoms in total. The van der Waals surface area contributed by atoms with E-state index in [0.717, 1.165) is 25.6 Å². The van der Waals surface area contributed by atoms with Crippen LogP contribution in [-0.2, 0) is 6.54 Å². The van der Waals surface area contributed by atoms with Gasteiger partial charge in [-0.15, -0.1) is 23.7 Å². The molecule has 3 rings (SSSR count). The van der Waals surface area contributed by atoms with Gasteiger partial charge < -0.3 is 5.73 Å². The van der Waals surface area contributed by atoms with E-state index in [1.807, 2.05) is 16.8 Å². The third kappa shape index (κ3) is 2.81. The molecule has 17 heavy (non-hydrogen) atoms. The van der Waals surface area contributed by atoms with E-state index >= 15 is 0 Å². The molecule has 0 spiro atoms. The Bertz CT molecular complexity index is 368. The molecule has 1 aromatic heterocycles. The number of likely N-dealkylation sites (tertiary alicyclic amines) is 1.